The molecule has 6 nitrogen and oxygen atoms in total. The number of hydrogen-bond acceptors (Lipinski definition) is 4. The normalized spacial score (nSPS) is 11.7. The fourth-order valence-electron chi connectivity index (χ4n) is 2.15. The van der Waals surface area contributed by atoms with Gasteiger partial charge in [-0.3, -0.25) is 0 Å². The summed E-state index contributed by atoms with van der Waals surface area (Å²) in [5.41, 5.74) is 1.10. The highest BCUT2D eigenvalue weighted by Crippen LogP contribution is 2.11. The van der Waals surface area contributed by atoms with Gasteiger partial charge in [0.15, 0.2) is 0 Å². The molecule has 0 fully saturated rings. The maximum absolute atomic E-state index is 11.9. The van der Waals surface area contributed by atoms with E-state index in [1.807, 2.05) is 38.1 Å². The molecular weight excluding hydrogens is 296 g/mol. The molecule has 2 N–H and O–H groups in total. The Labute approximate surface area is 137 Å². The average Bonchev–Trinajstić information content (AvgIpc) is 2.53. The van der Waals surface area contributed by atoms with Crippen molar-refractivity contribution < 1.29 is 19.1 Å². The van der Waals surface area contributed by atoms with Crippen LogP contribution < -0.4 is 15.4 Å². The van der Waals surface area contributed by atoms with Gasteiger partial charge >= 0.3 is 12.0 Å². The largest absolute Gasteiger partial charge is 0.497 e. The zero-order valence-corrected chi connectivity index (χ0v) is 14.2. The zero-order valence-electron chi connectivity index (χ0n) is 14.2. The molecule has 0 aromatic heterocycles. The van der Waals surface area contributed by atoms with Crippen LogP contribution in [0.1, 0.15) is 25.8 Å². The number of esters is 1. The highest BCUT2D eigenvalue weighted by Gasteiger charge is 2.22. The van der Waals surface area contributed by atoms with Gasteiger partial charge in [-0.1, -0.05) is 26.0 Å². The third-order valence-electron chi connectivity index (χ3n) is 3.36. The smallest absolute Gasteiger partial charge is 0.328 e. The lowest BCUT2D eigenvalue weighted by atomic mass is 10.0. The predicted octanol–water partition coefficient (Wildman–Crippen LogP) is 2.12. The monoisotopic (exact) mass is 322 g/mol. The number of carbonyl (C=O) groups excluding carboxylic acids is 2. The van der Waals surface area contributed by atoms with E-state index in [4.69, 9.17) is 9.47 Å². The highest BCUT2D eigenvalue weighted by molar-refractivity contribution is 5.83. The third kappa shape index (κ3) is 7.04. The predicted molar refractivity (Wildman–Crippen MR) is 88.5 cm³/mol. The van der Waals surface area contributed by atoms with Gasteiger partial charge in [-0.15, -0.1) is 0 Å². The molecule has 0 aliphatic heterocycles. The highest BCUT2D eigenvalue weighted by atomic mass is 16.5. The van der Waals surface area contributed by atoms with Crippen molar-refractivity contribution in [1.82, 2.24) is 10.6 Å². The van der Waals surface area contributed by atoms with Crippen molar-refractivity contribution in [2.75, 3.05) is 20.8 Å². The molecule has 23 heavy (non-hydrogen) atoms. The third-order valence-corrected chi connectivity index (χ3v) is 3.36. The molecule has 0 radical (unpaired) electrons. The molecule has 1 aromatic rings. The van der Waals surface area contributed by atoms with Gasteiger partial charge in [-0.25, -0.2) is 9.59 Å². The van der Waals surface area contributed by atoms with E-state index < -0.39 is 12.0 Å². The van der Waals surface area contributed by atoms with E-state index in [9.17, 15) is 9.59 Å². The number of carbonyl (C=O) groups is 2. The van der Waals surface area contributed by atoms with Crippen LogP contribution >= 0.6 is 0 Å². The Bertz CT molecular complexity index is 500. The van der Waals surface area contributed by atoms with E-state index in [2.05, 4.69) is 10.6 Å². The lowest BCUT2D eigenvalue weighted by molar-refractivity contribution is -0.143. The van der Waals surface area contributed by atoms with Crippen molar-refractivity contribution in [3.05, 3.63) is 29.8 Å². The van der Waals surface area contributed by atoms with Crippen molar-refractivity contribution in [2.45, 2.75) is 32.7 Å². The van der Waals surface area contributed by atoms with E-state index in [0.29, 0.717) is 19.4 Å². The second-order valence-corrected chi connectivity index (χ2v) is 5.70. The van der Waals surface area contributed by atoms with Crippen LogP contribution in [0, 0.1) is 5.92 Å². The van der Waals surface area contributed by atoms with Gasteiger partial charge in [-0.05, 0) is 36.5 Å². The second kappa shape index (κ2) is 9.71. The minimum atomic E-state index is -0.624. The molecule has 0 unspecified atom stereocenters. The van der Waals surface area contributed by atoms with Gasteiger partial charge in [0.05, 0.1) is 14.2 Å². The topological polar surface area (TPSA) is 76.7 Å². The molecule has 1 atom stereocenters. The van der Waals surface area contributed by atoms with Gasteiger partial charge < -0.3 is 20.1 Å². The number of nitrogens with one attached hydrogen (secondary N) is 2. The molecule has 0 aliphatic carbocycles. The summed E-state index contributed by atoms with van der Waals surface area (Å²) < 4.78 is 9.81. The Kier molecular flexibility index (Phi) is 7.94. The number of benzene rings is 1. The van der Waals surface area contributed by atoms with Crippen LogP contribution in [0.2, 0.25) is 0 Å². The Morgan fingerprint density at radius 3 is 2.30 bits per heavy atom. The number of rotatable bonds is 8. The fraction of sp³-hybridized carbons (Fsp3) is 0.529. The molecule has 0 heterocycles. The van der Waals surface area contributed by atoms with Gasteiger partial charge in [0.25, 0.3) is 0 Å². The molecule has 1 rings (SSSR count). The fourth-order valence-corrected chi connectivity index (χ4v) is 2.15. The molecule has 128 valence electrons. The first-order chi connectivity index (χ1) is 11.0. The summed E-state index contributed by atoms with van der Waals surface area (Å²) in [5.74, 6) is 0.650. The van der Waals surface area contributed by atoms with Crippen molar-refractivity contribution >= 4 is 12.0 Å². The Hall–Kier alpha value is -2.24. The zero-order chi connectivity index (χ0) is 17.2. The molecule has 0 saturated carbocycles. The van der Waals surface area contributed by atoms with Crippen LogP contribution in [-0.4, -0.2) is 38.8 Å². The molecule has 0 saturated heterocycles. The molecule has 6 heteroatoms. The quantitative estimate of drug-likeness (QED) is 0.719. The SMILES string of the molecule is COC(=O)[C@H](CC(C)C)NC(=O)NCCc1ccc(OC)cc1. The van der Waals surface area contributed by atoms with E-state index in [1.165, 1.54) is 7.11 Å². The average molecular weight is 322 g/mol. The van der Waals surface area contributed by atoms with Crippen LogP contribution in [0.4, 0.5) is 4.79 Å². The summed E-state index contributed by atoms with van der Waals surface area (Å²) in [5, 5.41) is 5.41. The number of hydrogen-bond donors (Lipinski definition) is 2. The van der Waals surface area contributed by atoms with Crippen molar-refractivity contribution in [2.24, 2.45) is 5.92 Å². The lowest BCUT2D eigenvalue weighted by Crippen LogP contribution is -2.47. The molecule has 0 spiro atoms. The number of amides is 2. The van der Waals surface area contributed by atoms with Crippen LogP contribution in [0.5, 0.6) is 5.75 Å². The molecular formula is C17H26N2O4. The number of methoxy groups -OCH3 is 2. The maximum atomic E-state index is 11.9. The van der Waals surface area contributed by atoms with Crippen molar-refractivity contribution in [3.8, 4) is 5.75 Å². The van der Waals surface area contributed by atoms with Crippen LogP contribution in [0.25, 0.3) is 0 Å². The van der Waals surface area contributed by atoms with E-state index in [1.54, 1.807) is 7.11 Å². The maximum Gasteiger partial charge on any atom is 0.328 e. The minimum absolute atomic E-state index is 0.277. The van der Waals surface area contributed by atoms with Gasteiger partial charge in [0.2, 0.25) is 0 Å². The Morgan fingerprint density at radius 1 is 1.13 bits per heavy atom. The van der Waals surface area contributed by atoms with Crippen LogP contribution in [0.15, 0.2) is 24.3 Å². The summed E-state index contributed by atoms with van der Waals surface area (Å²) in [6.07, 6.45) is 1.24. The lowest BCUT2D eigenvalue weighted by Gasteiger charge is -2.18. The molecule has 2 amide bonds. The Balaban J connectivity index is 2.40. The Morgan fingerprint density at radius 2 is 1.78 bits per heavy atom. The van der Waals surface area contributed by atoms with E-state index in [0.717, 1.165) is 11.3 Å². The summed E-state index contributed by atoms with van der Waals surface area (Å²) in [6.45, 7) is 4.45. The summed E-state index contributed by atoms with van der Waals surface area (Å²) in [6, 6.07) is 6.68. The number of urea groups is 1. The van der Waals surface area contributed by atoms with Crippen LogP contribution in [0.3, 0.4) is 0 Å². The van der Waals surface area contributed by atoms with Crippen molar-refractivity contribution in [3.63, 3.8) is 0 Å². The van der Waals surface area contributed by atoms with E-state index in [-0.39, 0.29) is 11.9 Å². The molecule has 0 aliphatic rings. The minimum Gasteiger partial charge on any atom is -0.497 e. The molecule has 0 bridgehead atoms. The van der Waals surface area contributed by atoms with Crippen LogP contribution in [-0.2, 0) is 16.0 Å². The molecule has 1 aromatic carbocycles. The van der Waals surface area contributed by atoms with Gasteiger partial charge in [0, 0.05) is 6.54 Å². The van der Waals surface area contributed by atoms with E-state index >= 15 is 0 Å². The van der Waals surface area contributed by atoms with Gasteiger partial charge in [-0.2, -0.15) is 0 Å². The van der Waals surface area contributed by atoms with Crippen molar-refractivity contribution in [1.29, 1.82) is 0 Å². The summed E-state index contributed by atoms with van der Waals surface area (Å²) >= 11 is 0. The van der Waals surface area contributed by atoms with Gasteiger partial charge in [0.1, 0.15) is 11.8 Å². The first-order valence-corrected chi connectivity index (χ1v) is 7.71. The first kappa shape index (κ1) is 18.8. The summed E-state index contributed by atoms with van der Waals surface area (Å²) in [4.78, 5) is 23.6. The first-order valence-electron chi connectivity index (χ1n) is 7.71. The second-order valence-electron chi connectivity index (χ2n) is 5.70. The number of ether oxygens (including phenoxy) is 2. The summed E-state index contributed by atoms with van der Waals surface area (Å²) in [7, 11) is 2.94. The standard InChI is InChI=1S/C17H26N2O4/c1-12(2)11-15(16(20)23-4)19-17(21)18-10-9-13-5-7-14(22-3)8-6-13/h5-8,12,15H,9-11H2,1-4H3,(H2,18,19,21)/t15-/m0/s1.